The number of benzene rings is 1. The Hall–Kier alpha value is -0.730. The second-order valence-corrected chi connectivity index (χ2v) is 7.72. The number of hydrogen-bond acceptors (Lipinski definition) is 6. The van der Waals surface area contributed by atoms with Crippen LogP contribution in [-0.4, -0.2) is 21.4 Å². The second-order valence-electron chi connectivity index (χ2n) is 3.90. The van der Waals surface area contributed by atoms with Gasteiger partial charge >= 0.3 is 0 Å². The fraction of sp³-hybridized carbons (Fsp3) is 0.182. The highest BCUT2D eigenvalue weighted by atomic mass is 35.5. The van der Waals surface area contributed by atoms with Crippen molar-refractivity contribution in [3.05, 3.63) is 27.2 Å². The predicted molar refractivity (Wildman–Crippen MR) is 89.7 cm³/mol. The van der Waals surface area contributed by atoms with Gasteiger partial charge in [-0.05, 0) is 19.1 Å². The summed E-state index contributed by atoms with van der Waals surface area (Å²) in [6.07, 6.45) is 0. The van der Waals surface area contributed by atoms with Crippen molar-refractivity contribution in [2.24, 2.45) is 0 Å². The minimum atomic E-state index is -0.400. The van der Waals surface area contributed by atoms with Gasteiger partial charge in [-0.1, -0.05) is 57.9 Å². The van der Waals surface area contributed by atoms with E-state index in [4.69, 9.17) is 40.5 Å². The molecule has 5 nitrogen and oxygen atoms in total. The summed E-state index contributed by atoms with van der Waals surface area (Å²) < 4.78 is 0.621. The molecule has 0 radical (unpaired) electrons. The van der Waals surface area contributed by atoms with Crippen LogP contribution in [0.2, 0.25) is 15.1 Å². The molecule has 0 spiro atoms. The Bertz CT molecular complexity index is 679. The van der Waals surface area contributed by atoms with Crippen molar-refractivity contribution in [3.63, 3.8) is 0 Å². The van der Waals surface area contributed by atoms with Gasteiger partial charge in [0.15, 0.2) is 4.34 Å². The van der Waals surface area contributed by atoms with Crippen LogP contribution in [0.5, 0.6) is 0 Å². The van der Waals surface area contributed by atoms with Crippen LogP contribution in [0.4, 0.5) is 10.8 Å². The number of amides is 1. The van der Waals surface area contributed by atoms with E-state index in [2.05, 4.69) is 15.5 Å². The van der Waals surface area contributed by atoms with E-state index in [9.17, 15) is 4.79 Å². The van der Waals surface area contributed by atoms with Crippen molar-refractivity contribution in [1.82, 2.24) is 10.2 Å². The number of rotatable bonds is 4. The Morgan fingerprint density at radius 3 is 2.57 bits per heavy atom. The molecule has 1 aromatic carbocycles. The monoisotopic (exact) mass is 382 g/mol. The minimum Gasteiger partial charge on any atom is -0.374 e. The van der Waals surface area contributed by atoms with E-state index in [-0.39, 0.29) is 5.91 Å². The number of nitrogens with one attached hydrogen (secondary N) is 1. The van der Waals surface area contributed by atoms with Crippen LogP contribution in [-0.2, 0) is 4.79 Å². The van der Waals surface area contributed by atoms with Crippen LogP contribution < -0.4 is 11.1 Å². The van der Waals surface area contributed by atoms with E-state index in [0.29, 0.717) is 30.2 Å². The second kappa shape index (κ2) is 7.02. The minimum absolute atomic E-state index is 0.242. The number of anilines is 2. The lowest BCUT2D eigenvalue weighted by Gasteiger charge is -2.12. The molecule has 0 aliphatic carbocycles. The molecule has 1 amide bonds. The van der Waals surface area contributed by atoms with Crippen LogP contribution in [0.15, 0.2) is 16.5 Å². The van der Waals surface area contributed by atoms with Crippen molar-refractivity contribution in [2.75, 3.05) is 11.1 Å². The van der Waals surface area contributed by atoms with Gasteiger partial charge in [0.05, 0.1) is 26.0 Å². The quantitative estimate of drug-likeness (QED) is 0.611. The molecule has 21 heavy (non-hydrogen) atoms. The lowest BCUT2D eigenvalue weighted by atomic mass is 10.3. The van der Waals surface area contributed by atoms with Gasteiger partial charge in [-0.15, -0.1) is 10.2 Å². The van der Waals surface area contributed by atoms with Gasteiger partial charge in [-0.25, -0.2) is 0 Å². The van der Waals surface area contributed by atoms with E-state index >= 15 is 0 Å². The molecule has 2 aromatic rings. The molecule has 0 aliphatic heterocycles. The van der Waals surface area contributed by atoms with Crippen molar-refractivity contribution < 1.29 is 4.79 Å². The molecule has 0 saturated heterocycles. The molecule has 0 bridgehead atoms. The topological polar surface area (TPSA) is 80.9 Å². The van der Waals surface area contributed by atoms with Gasteiger partial charge in [0.25, 0.3) is 0 Å². The smallest absolute Gasteiger partial charge is 0.237 e. The molecule has 10 heteroatoms. The zero-order chi connectivity index (χ0) is 15.6. The maximum Gasteiger partial charge on any atom is 0.237 e. The number of nitrogen functional groups attached to an aromatic ring is 1. The van der Waals surface area contributed by atoms with Crippen LogP contribution in [0.25, 0.3) is 0 Å². The van der Waals surface area contributed by atoms with Crippen molar-refractivity contribution >= 4 is 74.6 Å². The van der Waals surface area contributed by atoms with Gasteiger partial charge in [0, 0.05) is 0 Å². The van der Waals surface area contributed by atoms with Crippen molar-refractivity contribution in [3.8, 4) is 0 Å². The average Bonchev–Trinajstić information content (AvgIpc) is 2.81. The molecule has 1 atom stereocenters. The summed E-state index contributed by atoms with van der Waals surface area (Å²) in [6, 6.07) is 2.98. The maximum atomic E-state index is 12.1. The highest BCUT2D eigenvalue weighted by Gasteiger charge is 2.18. The van der Waals surface area contributed by atoms with E-state index in [0.717, 1.165) is 0 Å². The van der Waals surface area contributed by atoms with E-state index in [1.807, 2.05) is 0 Å². The Kier molecular flexibility index (Phi) is 5.56. The molecule has 112 valence electrons. The summed E-state index contributed by atoms with van der Waals surface area (Å²) in [5.41, 5.74) is 5.89. The summed E-state index contributed by atoms with van der Waals surface area (Å²) in [6.45, 7) is 1.74. The highest BCUT2D eigenvalue weighted by molar-refractivity contribution is 8.02. The standard InChI is InChI=1S/C11H9Cl3N4OS2/c1-4(20-11-18-17-10(15)21-11)9(19)16-8-3-6(13)5(12)2-7(8)14/h2-4H,1H3,(H2,15,17)(H,16,19)/t4-/m0/s1. The lowest BCUT2D eigenvalue weighted by Crippen LogP contribution is -2.22. The number of nitrogens with two attached hydrogens (primary N) is 1. The van der Waals surface area contributed by atoms with Crippen LogP contribution in [0, 0.1) is 0 Å². The fourth-order valence-corrected chi connectivity index (χ4v) is 3.70. The summed E-state index contributed by atoms with van der Waals surface area (Å²) in [4.78, 5) is 12.1. The summed E-state index contributed by atoms with van der Waals surface area (Å²) in [7, 11) is 0. The molecule has 2 rings (SSSR count). The largest absolute Gasteiger partial charge is 0.374 e. The summed E-state index contributed by atoms with van der Waals surface area (Å²) in [5.74, 6) is -0.242. The number of hydrogen-bond donors (Lipinski definition) is 2. The molecule has 1 aromatic heterocycles. The van der Waals surface area contributed by atoms with Gasteiger partial charge in [0.1, 0.15) is 0 Å². The Morgan fingerprint density at radius 1 is 1.29 bits per heavy atom. The zero-order valence-electron chi connectivity index (χ0n) is 10.6. The fourth-order valence-electron chi connectivity index (χ4n) is 1.33. The number of carbonyl (C=O) groups excluding carboxylic acids is 1. The Labute approximate surface area is 144 Å². The van der Waals surface area contributed by atoms with Crippen molar-refractivity contribution in [1.29, 1.82) is 0 Å². The number of halogens is 3. The van der Waals surface area contributed by atoms with Crippen molar-refractivity contribution in [2.45, 2.75) is 16.5 Å². The third-order valence-corrected chi connectivity index (χ3v) is 5.31. The first-order chi connectivity index (χ1) is 9.86. The SMILES string of the molecule is C[C@H](Sc1nnc(N)s1)C(=O)Nc1cc(Cl)c(Cl)cc1Cl. The number of nitrogens with zero attached hydrogens (tertiary/aromatic N) is 2. The number of carbonyl (C=O) groups is 1. The summed E-state index contributed by atoms with van der Waals surface area (Å²) >= 11 is 20.2. The van der Waals surface area contributed by atoms with Gasteiger partial charge in [-0.2, -0.15) is 0 Å². The first-order valence-corrected chi connectivity index (χ1v) is 8.41. The van der Waals surface area contributed by atoms with E-state index in [1.165, 1.54) is 35.2 Å². The molecule has 1 heterocycles. The third-order valence-electron chi connectivity index (χ3n) is 2.34. The first-order valence-electron chi connectivity index (χ1n) is 5.58. The normalized spacial score (nSPS) is 12.2. The molecule has 0 fully saturated rings. The maximum absolute atomic E-state index is 12.1. The highest BCUT2D eigenvalue weighted by Crippen LogP contribution is 2.33. The molecule has 0 aliphatic rings. The van der Waals surface area contributed by atoms with E-state index < -0.39 is 5.25 Å². The molecular formula is C11H9Cl3N4OS2. The Balaban J connectivity index is 2.05. The van der Waals surface area contributed by atoms with Crippen LogP contribution in [0.3, 0.4) is 0 Å². The summed E-state index contributed by atoms with van der Waals surface area (Å²) in [5, 5.41) is 11.1. The van der Waals surface area contributed by atoms with Gasteiger partial charge in [0.2, 0.25) is 11.0 Å². The van der Waals surface area contributed by atoms with Crippen LogP contribution in [0.1, 0.15) is 6.92 Å². The molecule has 0 saturated carbocycles. The first kappa shape index (κ1) is 16.6. The molecular weight excluding hydrogens is 375 g/mol. The Morgan fingerprint density at radius 2 is 1.95 bits per heavy atom. The predicted octanol–water partition coefficient (Wildman–Crippen LogP) is 4.20. The molecule has 3 N–H and O–H groups in total. The van der Waals surface area contributed by atoms with Gasteiger partial charge in [-0.3, -0.25) is 4.79 Å². The zero-order valence-corrected chi connectivity index (χ0v) is 14.5. The average molecular weight is 384 g/mol. The number of aromatic nitrogens is 2. The van der Waals surface area contributed by atoms with E-state index in [1.54, 1.807) is 6.92 Å². The van der Waals surface area contributed by atoms with Crippen LogP contribution >= 0.6 is 57.9 Å². The number of thioether (sulfide) groups is 1. The molecule has 0 unspecified atom stereocenters. The lowest BCUT2D eigenvalue weighted by molar-refractivity contribution is -0.115. The van der Waals surface area contributed by atoms with Gasteiger partial charge < -0.3 is 11.1 Å². The third kappa shape index (κ3) is 4.37.